The van der Waals surface area contributed by atoms with Crippen molar-refractivity contribution in [2.24, 2.45) is 0 Å². The smallest absolute Gasteiger partial charge is 0.227 e. The molecular weight excluding hydrogens is 459 g/mol. The maximum Gasteiger partial charge on any atom is 0.227 e. The highest BCUT2D eigenvalue weighted by Gasteiger charge is 2.42. The summed E-state index contributed by atoms with van der Waals surface area (Å²) in [5.41, 5.74) is 4.05. The minimum absolute atomic E-state index is 0.308. The normalized spacial score (nSPS) is 18.6. The molecule has 6 rings (SSSR count). The number of para-hydroxylation sites is 1. The molecule has 0 bridgehead atoms. The summed E-state index contributed by atoms with van der Waals surface area (Å²) in [6, 6.07) is 21.6. The van der Waals surface area contributed by atoms with Gasteiger partial charge in [-0.1, -0.05) is 65.8 Å². The van der Waals surface area contributed by atoms with Gasteiger partial charge in [0.1, 0.15) is 23.7 Å². The zero-order valence-electron chi connectivity index (χ0n) is 17.5. The summed E-state index contributed by atoms with van der Waals surface area (Å²) in [7, 11) is 0. The van der Waals surface area contributed by atoms with Crippen molar-refractivity contribution < 1.29 is 9.13 Å². The third-order valence-electron chi connectivity index (χ3n) is 5.92. The van der Waals surface area contributed by atoms with Crippen LogP contribution in [0.4, 0.5) is 10.3 Å². The molecule has 3 heterocycles. The van der Waals surface area contributed by atoms with Crippen LogP contribution < -0.4 is 10.1 Å². The summed E-state index contributed by atoms with van der Waals surface area (Å²) >= 11 is 7.60. The van der Waals surface area contributed by atoms with E-state index in [9.17, 15) is 0 Å². The van der Waals surface area contributed by atoms with Crippen molar-refractivity contribution in [2.45, 2.75) is 17.3 Å². The number of rotatable bonds is 3. The van der Waals surface area contributed by atoms with E-state index in [1.54, 1.807) is 16.8 Å². The minimum atomic E-state index is -0.542. The van der Waals surface area contributed by atoms with Crippen LogP contribution in [0.5, 0.6) is 5.75 Å². The average Bonchev–Trinajstić information content (AvgIpc) is 3.26. The molecule has 2 aliphatic rings. The number of hydrogen-bond acceptors (Lipinski definition) is 5. The Morgan fingerprint density at radius 3 is 2.58 bits per heavy atom. The Balaban J connectivity index is 1.65. The third-order valence-corrected chi connectivity index (χ3v) is 6.71. The molecule has 0 radical (unpaired) electrons. The quantitative estimate of drug-likeness (QED) is 0.349. The molecule has 8 heteroatoms. The van der Waals surface area contributed by atoms with Crippen LogP contribution in [-0.2, 0) is 0 Å². The second kappa shape index (κ2) is 7.93. The fraction of sp³-hybridized carbons (Fsp3) is 0.120. The SMILES string of the molecule is CSc1nc2n(n1)[C@@H](c1ccccc1F)C1=C(N2)c2ccccc2O[C@H]1c1ccc(Cl)cc1. The number of nitrogens with one attached hydrogen (secondary N) is 1. The molecule has 0 fully saturated rings. The number of hydrogen-bond donors (Lipinski definition) is 1. The summed E-state index contributed by atoms with van der Waals surface area (Å²) in [6.07, 6.45) is 1.45. The zero-order chi connectivity index (χ0) is 22.5. The van der Waals surface area contributed by atoms with Gasteiger partial charge in [-0.15, -0.1) is 5.10 Å². The molecule has 2 atom stereocenters. The van der Waals surface area contributed by atoms with Gasteiger partial charge in [0.15, 0.2) is 0 Å². The van der Waals surface area contributed by atoms with Gasteiger partial charge in [0.05, 0.1) is 5.70 Å². The predicted molar refractivity (Wildman–Crippen MR) is 128 cm³/mol. The molecule has 1 aromatic heterocycles. The van der Waals surface area contributed by atoms with E-state index in [-0.39, 0.29) is 5.82 Å². The van der Waals surface area contributed by atoms with E-state index in [2.05, 4.69) is 15.4 Å². The first-order valence-corrected chi connectivity index (χ1v) is 12.0. The molecule has 0 saturated carbocycles. The Labute approximate surface area is 199 Å². The molecular formula is C25H18ClFN4OS. The van der Waals surface area contributed by atoms with Gasteiger partial charge in [-0.2, -0.15) is 4.98 Å². The van der Waals surface area contributed by atoms with Crippen LogP contribution in [0.15, 0.2) is 83.5 Å². The molecule has 164 valence electrons. The highest BCUT2D eigenvalue weighted by Crippen LogP contribution is 2.51. The maximum absolute atomic E-state index is 15.2. The van der Waals surface area contributed by atoms with Crippen molar-refractivity contribution in [3.05, 3.63) is 106 Å². The zero-order valence-corrected chi connectivity index (χ0v) is 19.1. The third kappa shape index (κ3) is 3.31. The number of anilines is 1. The van der Waals surface area contributed by atoms with Crippen LogP contribution >= 0.6 is 23.4 Å². The first-order chi connectivity index (χ1) is 16.1. The van der Waals surface area contributed by atoms with Gasteiger partial charge < -0.3 is 10.1 Å². The number of halogens is 2. The summed E-state index contributed by atoms with van der Waals surface area (Å²) in [6.45, 7) is 0. The Hall–Kier alpha value is -3.29. The van der Waals surface area contributed by atoms with Crippen LogP contribution in [0, 0.1) is 5.82 Å². The molecule has 0 aliphatic carbocycles. The highest BCUT2D eigenvalue weighted by molar-refractivity contribution is 7.98. The lowest BCUT2D eigenvalue weighted by Gasteiger charge is -2.39. The van der Waals surface area contributed by atoms with E-state index in [0.29, 0.717) is 21.7 Å². The first-order valence-electron chi connectivity index (χ1n) is 10.4. The van der Waals surface area contributed by atoms with E-state index in [1.807, 2.05) is 60.9 Å². The molecule has 0 saturated heterocycles. The molecule has 3 aromatic carbocycles. The molecule has 33 heavy (non-hydrogen) atoms. The summed E-state index contributed by atoms with van der Waals surface area (Å²) < 4.78 is 23.5. The Morgan fingerprint density at radius 2 is 1.79 bits per heavy atom. The Kier molecular flexibility index (Phi) is 4.89. The number of thioether (sulfide) groups is 1. The minimum Gasteiger partial charge on any atom is -0.480 e. The lowest BCUT2D eigenvalue weighted by atomic mass is 9.84. The van der Waals surface area contributed by atoms with E-state index in [4.69, 9.17) is 16.3 Å². The van der Waals surface area contributed by atoms with E-state index >= 15 is 4.39 Å². The standard InChI is InChI=1S/C25H18ClFN4OS/c1-33-25-29-24-28-21-17-7-3-5-9-19(17)32-23(14-10-12-15(26)13-11-14)20(21)22(31(24)30-25)16-6-2-4-8-18(16)27/h2-13,22-23H,1H3,(H,28,29,30)/t22-,23-/m0/s1. The lowest BCUT2D eigenvalue weighted by molar-refractivity contribution is 0.222. The van der Waals surface area contributed by atoms with Crippen molar-refractivity contribution in [3.63, 3.8) is 0 Å². The predicted octanol–water partition coefficient (Wildman–Crippen LogP) is 6.35. The molecule has 0 amide bonds. The van der Waals surface area contributed by atoms with Crippen LogP contribution in [0.1, 0.15) is 28.8 Å². The van der Waals surface area contributed by atoms with E-state index < -0.39 is 12.1 Å². The number of ether oxygens (including phenoxy) is 1. The van der Waals surface area contributed by atoms with E-state index in [0.717, 1.165) is 28.1 Å². The number of aromatic nitrogens is 3. The molecule has 1 N–H and O–H groups in total. The van der Waals surface area contributed by atoms with Crippen molar-refractivity contribution >= 4 is 35.0 Å². The number of fused-ring (bicyclic) bond motifs is 3. The van der Waals surface area contributed by atoms with Gasteiger partial charge in [-0.05, 0) is 42.2 Å². The van der Waals surface area contributed by atoms with Crippen LogP contribution in [0.25, 0.3) is 5.70 Å². The second-order valence-electron chi connectivity index (χ2n) is 7.79. The van der Waals surface area contributed by atoms with Crippen LogP contribution in [0.2, 0.25) is 5.02 Å². The summed E-state index contributed by atoms with van der Waals surface area (Å²) in [5.74, 6) is 1.00. The topological polar surface area (TPSA) is 52.0 Å². The molecule has 2 aliphatic heterocycles. The van der Waals surface area contributed by atoms with E-state index in [1.165, 1.54) is 17.8 Å². The highest BCUT2D eigenvalue weighted by atomic mass is 35.5. The van der Waals surface area contributed by atoms with Crippen molar-refractivity contribution in [3.8, 4) is 5.75 Å². The van der Waals surface area contributed by atoms with Crippen LogP contribution in [0.3, 0.4) is 0 Å². The molecule has 0 spiro atoms. The maximum atomic E-state index is 15.2. The van der Waals surface area contributed by atoms with Crippen LogP contribution in [-0.4, -0.2) is 21.0 Å². The average molecular weight is 477 g/mol. The summed E-state index contributed by atoms with van der Waals surface area (Å²) in [4.78, 5) is 4.64. The van der Waals surface area contributed by atoms with Crippen molar-refractivity contribution in [1.82, 2.24) is 14.8 Å². The van der Waals surface area contributed by atoms with Gasteiger partial charge in [0.2, 0.25) is 11.1 Å². The fourth-order valence-electron chi connectivity index (χ4n) is 4.45. The number of nitrogens with zero attached hydrogens (tertiary/aromatic N) is 3. The largest absolute Gasteiger partial charge is 0.480 e. The van der Waals surface area contributed by atoms with Crippen molar-refractivity contribution in [1.29, 1.82) is 0 Å². The Morgan fingerprint density at radius 1 is 1.03 bits per heavy atom. The molecule has 0 unspecified atom stereocenters. The van der Waals surface area contributed by atoms with Crippen molar-refractivity contribution in [2.75, 3.05) is 11.6 Å². The Bertz CT molecular complexity index is 1400. The van der Waals surface area contributed by atoms with Gasteiger partial charge in [-0.25, -0.2) is 9.07 Å². The number of benzene rings is 3. The van der Waals surface area contributed by atoms with Gasteiger partial charge in [0.25, 0.3) is 0 Å². The van der Waals surface area contributed by atoms with Gasteiger partial charge >= 0.3 is 0 Å². The second-order valence-corrected chi connectivity index (χ2v) is 9.00. The molecule has 4 aromatic rings. The van der Waals surface area contributed by atoms with Gasteiger partial charge in [-0.3, -0.25) is 0 Å². The summed E-state index contributed by atoms with van der Waals surface area (Å²) in [5, 5.41) is 9.40. The molecule has 5 nitrogen and oxygen atoms in total. The lowest BCUT2D eigenvalue weighted by Crippen LogP contribution is -2.32. The fourth-order valence-corrected chi connectivity index (χ4v) is 4.93. The van der Waals surface area contributed by atoms with Gasteiger partial charge in [0, 0.05) is 21.7 Å². The monoisotopic (exact) mass is 476 g/mol. The first kappa shape index (κ1) is 20.3.